The zero-order valence-electron chi connectivity index (χ0n) is 14.1. The van der Waals surface area contributed by atoms with E-state index < -0.39 is 5.97 Å². The summed E-state index contributed by atoms with van der Waals surface area (Å²) in [5, 5.41) is 2.71. The van der Waals surface area contributed by atoms with E-state index in [1.807, 2.05) is 13.8 Å². The molecule has 0 saturated heterocycles. The number of rotatable bonds is 8. The number of hydrogen-bond acceptors (Lipinski definition) is 6. The molecule has 0 spiro atoms. The molecule has 0 unspecified atom stereocenters. The Hall–Kier alpha value is -2.44. The van der Waals surface area contributed by atoms with Gasteiger partial charge in [-0.15, -0.1) is 0 Å². The summed E-state index contributed by atoms with van der Waals surface area (Å²) in [5.41, 5.74) is 0.204. The second-order valence-electron chi connectivity index (χ2n) is 4.87. The summed E-state index contributed by atoms with van der Waals surface area (Å²) in [6, 6.07) is 2.97. The van der Waals surface area contributed by atoms with Crippen molar-refractivity contribution < 1.29 is 28.5 Å². The molecular weight excluding hydrogens is 302 g/mol. The second-order valence-corrected chi connectivity index (χ2v) is 4.87. The van der Waals surface area contributed by atoms with Crippen LogP contribution in [0.25, 0.3) is 0 Å². The van der Waals surface area contributed by atoms with Crippen LogP contribution in [0.4, 0.5) is 0 Å². The molecule has 0 heterocycles. The first-order valence-electron chi connectivity index (χ1n) is 7.23. The molecule has 0 aliphatic rings. The largest absolute Gasteiger partial charge is 0.493 e. The van der Waals surface area contributed by atoms with Crippen LogP contribution in [0.15, 0.2) is 12.1 Å². The van der Waals surface area contributed by atoms with E-state index in [0.717, 1.165) is 6.42 Å². The number of ether oxygens (including phenoxy) is 4. The molecule has 23 heavy (non-hydrogen) atoms. The highest BCUT2D eigenvalue weighted by atomic mass is 16.5. The molecule has 1 aromatic carbocycles. The third kappa shape index (κ3) is 5.05. The molecule has 1 atom stereocenters. The molecular formula is C16H23NO6. The normalized spacial score (nSPS) is 11.3. The minimum atomic E-state index is -0.649. The molecule has 1 N–H and O–H groups in total. The van der Waals surface area contributed by atoms with Crippen molar-refractivity contribution in [2.45, 2.75) is 26.3 Å². The highest BCUT2D eigenvalue weighted by Crippen LogP contribution is 2.38. The maximum Gasteiger partial charge on any atom is 0.338 e. The van der Waals surface area contributed by atoms with E-state index in [2.05, 4.69) is 5.32 Å². The SMILES string of the molecule is CC[C@@H](C)NC(=O)COC(=O)c1cc(OC)c(OC)c(OC)c1. The molecule has 7 nitrogen and oxygen atoms in total. The zero-order chi connectivity index (χ0) is 17.4. The topological polar surface area (TPSA) is 83.1 Å². The van der Waals surface area contributed by atoms with Gasteiger partial charge in [0.25, 0.3) is 5.91 Å². The highest BCUT2D eigenvalue weighted by molar-refractivity contribution is 5.92. The lowest BCUT2D eigenvalue weighted by Crippen LogP contribution is -2.35. The summed E-state index contributed by atoms with van der Waals surface area (Å²) in [4.78, 5) is 23.7. The van der Waals surface area contributed by atoms with E-state index in [1.54, 1.807) is 0 Å². The zero-order valence-corrected chi connectivity index (χ0v) is 14.1. The Morgan fingerprint density at radius 3 is 2.09 bits per heavy atom. The summed E-state index contributed by atoms with van der Waals surface area (Å²) in [6.45, 7) is 3.48. The fourth-order valence-corrected chi connectivity index (χ4v) is 1.83. The van der Waals surface area contributed by atoms with Crippen molar-refractivity contribution in [1.29, 1.82) is 0 Å². The number of nitrogens with one attached hydrogen (secondary N) is 1. The predicted molar refractivity (Wildman–Crippen MR) is 84.3 cm³/mol. The molecule has 0 saturated carbocycles. The summed E-state index contributed by atoms with van der Waals surface area (Å²) >= 11 is 0. The maximum atomic E-state index is 12.1. The van der Waals surface area contributed by atoms with Crippen molar-refractivity contribution in [3.8, 4) is 17.2 Å². The van der Waals surface area contributed by atoms with Crippen molar-refractivity contribution in [1.82, 2.24) is 5.32 Å². The monoisotopic (exact) mass is 325 g/mol. The van der Waals surface area contributed by atoms with Crippen molar-refractivity contribution in [2.75, 3.05) is 27.9 Å². The van der Waals surface area contributed by atoms with Gasteiger partial charge in [0.05, 0.1) is 26.9 Å². The Bertz CT molecular complexity index is 532. The van der Waals surface area contributed by atoms with E-state index >= 15 is 0 Å². The highest BCUT2D eigenvalue weighted by Gasteiger charge is 2.18. The van der Waals surface area contributed by atoms with Crippen LogP contribution < -0.4 is 19.5 Å². The number of carbonyl (C=O) groups excluding carboxylic acids is 2. The van der Waals surface area contributed by atoms with Crippen molar-refractivity contribution in [3.63, 3.8) is 0 Å². The molecule has 0 aliphatic carbocycles. The van der Waals surface area contributed by atoms with Crippen LogP contribution in [0, 0.1) is 0 Å². The van der Waals surface area contributed by atoms with Gasteiger partial charge >= 0.3 is 5.97 Å². The van der Waals surface area contributed by atoms with Crippen LogP contribution in [-0.4, -0.2) is 45.9 Å². The van der Waals surface area contributed by atoms with E-state index in [-0.39, 0.29) is 24.1 Å². The Balaban J connectivity index is 2.82. The molecule has 1 amide bonds. The summed E-state index contributed by atoms with van der Waals surface area (Å²) in [7, 11) is 4.37. The van der Waals surface area contributed by atoms with Gasteiger partial charge in [-0.1, -0.05) is 6.92 Å². The van der Waals surface area contributed by atoms with Crippen LogP contribution >= 0.6 is 0 Å². The first-order chi connectivity index (χ1) is 11.0. The van der Waals surface area contributed by atoms with Gasteiger partial charge in [-0.05, 0) is 25.5 Å². The third-order valence-corrected chi connectivity index (χ3v) is 3.25. The maximum absolute atomic E-state index is 12.1. The van der Waals surface area contributed by atoms with Gasteiger partial charge in [-0.2, -0.15) is 0 Å². The van der Waals surface area contributed by atoms with E-state index in [1.165, 1.54) is 33.5 Å². The summed E-state index contributed by atoms with van der Waals surface area (Å²) in [5.74, 6) is 0.0514. The van der Waals surface area contributed by atoms with Gasteiger partial charge in [0.2, 0.25) is 5.75 Å². The predicted octanol–water partition coefficient (Wildman–Crippen LogP) is 1.78. The lowest BCUT2D eigenvalue weighted by atomic mass is 10.2. The Kier molecular flexibility index (Phi) is 7.18. The van der Waals surface area contributed by atoms with Gasteiger partial charge < -0.3 is 24.3 Å². The minimum absolute atomic E-state index is 0.0300. The number of methoxy groups -OCH3 is 3. The fourth-order valence-electron chi connectivity index (χ4n) is 1.83. The van der Waals surface area contributed by atoms with Crippen molar-refractivity contribution in [3.05, 3.63) is 17.7 Å². The van der Waals surface area contributed by atoms with Crippen LogP contribution in [0.3, 0.4) is 0 Å². The minimum Gasteiger partial charge on any atom is -0.493 e. The Labute approximate surface area is 135 Å². The number of hydrogen-bond donors (Lipinski definition) is 1. The standard InChI is InChI=1S/C16H23NO6/c1-6-10(2)17-14(18)9-23-16(19)11-7-12(20-3)15(22-5)13(8-11)21-4/h7-8,10H,6,9H2,1-5H3,(H,17,18)/t10-/m1/s1. The fraction of sp³-hybridized carbons (Fsp3) is 0.500. The number of benzene rings is 1. The van der Waals surface area contributed by atoms with Gasteiger partial charge in [0.15, 0.2) is 18.1 Å². The summed E-state index contributed by atoms with van der Waals surface area (Å²) < 4.78 is 20.5. The molecule has 0 radical (unpaired) electrons. The van der Waals surface area contributed by atoms with E-state index in [4.69, 9.17) is 18.9 Å². The van der Waals surface area contributed by atoms with Gasteiger partial charge in [0.1, 0.15) is 0 Å². The second kappa shape index (κ2) is 8.87. The molecule has 1 aromatic rings. The number of esters is 1. The van der Waals surface area contributed by atoms with Crippen LogP contribution in [0.2, 0.25) is 0 Å². The van der Waals surface area contributed by atoms with Crippen molar-refractivity contribution in [2.24, 2.45) is 0 Å². The Morgan fingerprint density at radius 1 is 1.09 bits per heavy atom. The molecule has 128 valence electrons. The third-order valence-electron chi connectivity index (χ3n) is 3.25. The molecule has 1 rings (SSSR count). The number of amides is 1. The van der Waals surface area contributed by atoms with E-state index in [9.17, 15) is 9.59 Å². The molecule has 0 bridgehead atoms. The lowest BCUT2D eigenvalue weighted by molar-refractivity contribution is -0.124. The van der Waals surface area contributed by atoms with Crippen LogP contribution in [0.1, 0.15) is 30.6 Å². The molecule has 7 heteroatoms. The average Bonchev–Trinajstić information content (AvgIpc) is 2.57. The first-order valence-corrected chi connectivity index (χ1v) is 7.23. The first kappa shape index (κ1) is 18.6. The lowest BCUT2D eigenvalue weighted by Gasteiger charge is -2.14. The molecule has 0 aromatic heterocycles. The number of carbonyl (C=O) groups is 2. The van der Waals surface area contributed by atoms with Gasteiger partial charge in [-0.3, -0.25) is 4.79 Å². The molecule has 0 aliphatic heterocycles. The quantitative estimate of drug-likeness (QED) is 0.734. The van der Waals surface area contributed by atoms with Gasteiger partial charge in [0, 0.05) is 6.04 Å². The van der Waals surface area contributed by atoms with Crippen LogP contribution in [0.5, 0.6) is 17.2 Å². The molecule has 0 fully saturated rings. The average molecular weight is 325 g/mol. The van der Waals surface area contributed by atoms with Crippen molar-refractivity contribution >= 4 is 11.9 Å². The Morgan fingerprint density at radius 2 is 1.65 bits per heavy atom. The summed E-state index contributed by atoms with van der Waals surface area (Å²) in [6.07, 6.45) is 0.798. The smallest absolute Gasteiger partial charge is 0.338 e. The van der Waals surface area contributed by atoms with Crippen LogP contribution in [-0.2, 0) is 9.53 Å². The van der Waals surface area contributed by atoms with Gasteiger partial charge in [-0.25, -0.2) is 4.79 Å². The van der Waals surface area contributed by atoms with E-state index in [0.29, 0.717) is 17.2 Å².